The summed E-state index contributed by atoms with van der Waals surface area (Å²) in [7, 11) is 7.21. The van der Waals surface area contributed by atoms with E-state index >= 15 is 0 Å². The van der Waals surface area contributed by atoms with Gasteiger partial charge in [0, 0.05) is 41.2 Å². The molecule has 1 fully saturated rings. The monoisotopic (exact) mass is 405 g/mol. The first-order chi connectivity index (χ1) is 14.6. The van der Waals surface area contributed by atoms with Crippen LogP contribution in [0.2, 0.25) is 0 Å². The maximum atomic E-state index is 9.73. The van der Waals surface area contributed by atoms with Gasteiger partial charge in [0.1, 0.15) is 5.75 Å². The van der Waals surface area contributed by atoms with Gasteiger partial charge in [-0.25, -0.2) is 0 Å². The van der Waals surface area contributed by atoms with E-state index in [2.05, 4.69) is 36.2 Å². The lowest BCUT2D eigenvalue weighted by atomic mass is 9.87. The Kier molecular flexibility index (Phi) is 4.51. The van der Waals surface area contributed by atoms with Crippen LogP contribution in [-0.4, -0.2) is 33.5 Å². The zero-order valence-corrected chi connectivity index (χ0v) is 17.9. The molecule has 0 spiro atoms. The summed E-state index contributed by atoms with van der Waals surface area (Å²) in [6.07, 6.45) is 2.38. The summed E-state index contributed by atoms with van der Waals surface area (Å²) in [6.45, 7) is 0.679. The average Bonchev–Trinajstić information content (AvgIpc) is 3.61. The first-order valence-electron chi connectivity index (χ1n) is 10.4. The normalized spacial score (nSPS) is 15.0. The van der Waals surface area contributed by atoms with E-state index in [4.69, 9.17) is 14.2 Å². The molecular formula is C25H27NO4. The zero-order chi connectivity index (χ0) is 21.0. The number of anilines is 1. The fraction of sp³-hybridized carbons (Fsp3) is 0.360. The molecule has 5 nitrogen and oxygen atoms in total. The first-order valence-corrected chi connectivity index (χ1v) is 10.4. The van der Waals surface area contributed by atoms with Crippen molar-refractivity contribution in [3.63, 3.8) is 0 Å². The molecule has 1 saturated carbocycles. The van der Waals surface area contributed by atoms with Crippen LogP contribution in [0.1, 0.15) is 35.4 Å². The summed E-state index contributed by atoms with van der Waals surface area (Å²) in [4.78, 5) is 2.27. The number of ether oxygens (including phenoxy) is 3. The Balaban J connectivity index is 1.83. The van der Waals surface area contributed by atoms with Crippen LogP contribution in [0.3, 0.4) is 0 Å². The fourth-order valence-corrected chi connectivity index (χ4v) is 4.99. The van der Waals surface area contributed by atoms with Crippen LogP contribution >= 0.6 is 0 Å². The molecular weight excluding hydrogens is 378 g/mol. The number of rotatable bonds is 5. The second-order valence-corrected chi connectivity index (χ2v) is 8.16. The Morgan fingerprint density at radius 1 is 0.933 bits per heavy atom. The van der Waals surface area contributed by atoms with E-state index in [9.17, 15) is 5.11 Å². The molecule has 5 rings (SSSR count). The topological polar surface area (TPSA) is 51.2 Å². The SMILES string of the molecule is COc1cc2c3c(ccc2c(C2CC2)c1OC)-c1ccc(CO)c(OC)c1CN3C. The van der Waals surface area contributed by atoms with Gasteiger partial charge in [-0.05, 0) is 35.8 Å². The van der Waals surface area contributed by atoms with Gasteiger partial charge in [-0.2, -0.15) is 0 Å². The van der Waals surface area contributed by atoms with E-state index in [1.165, 1.54) is 40.4 Å². The molecule has 1 aliphatic carbocycles. The summed E-state index contributed by atoms with van der Waals surface area (Å²) >= 11 is 0. The molecule has 1 aliphatic heterocycles. The maximum absolute atomic E-state index is 9.73. The lowest BCUT2D eigenvalue weighted by Crippen LogP contribution is -2.23. The highest BCUT2D eigenvalue weighted by atomic mass is 16.5. The van der Waals surface area contributed by atoms with Gasteiger partial charge in [0.2, 0.25) is 0 Å². The van der Waals surface area contributed by atoms with Gasteiger partial charge in [0.25, 0.3) is 0 Å². The molecule has 1 N–H and O–H groups in total. The van der Waals surface area contributed by atoms with Gasteiger partial charge >= 0.3 is 0 Å². The van der Waals surface area contributed by atoms with Crippen molar-refractivity contribution in [3.05, 3.63) is 47.0 Å². The van der Waals surface area contributed by atoms with Crippen molar-refractivity contribution < 1.29 is 19.3 Å². The third-order valence-electron chi connectivity index (χ3n) is 6.44. The molecule has 0 aromatic heterocycles. The van der Waals surface area contributed by atoms with Gasteiger partial charge in [0.15, 0.2) is 11.5 Å². The molecule has 0 radical (unpaired) electrons. The van der Waals surface area contributed by atoms with Crippen molar-refractivity contribution in [2.75, 3.05) is 33.3 Å². The van der Waals surface area contributed by atoms with Crippen LogP contribution in [0.5, 0.6) is 17.2 Å². The number of benzene rings is 3. The van der Waals surface area contributed by atoms with Crippen molar-refractivity contribution in [1.82, 2.24) is 0 Å². The van der Waals surface area contributed by atoms with Crippen LogP contribution in [-0.2, 0) is 13.2 Å². The minimum atomic E-state index is -0.0352. The highest BCUT2D eigenvalue weighted by molar-refractivity contribution is 6.07. The van der Waals surface area contributed by atoms with Crippen molar-refractivity contribution in [3.8, 4) is 28.4 Å². The van der Waals surface area contributed by atoms with Crippen molar-refractivity contribution in [2.45, 2.75) is 31.9 Å². The molecule has 1 heterocycles. The third kappa shape index (κ3) is 2.65. The molecule has 3 aromatic carbocycles. The lowest BCUT2D eigenvalue weighted by molar-refractivity contribution is 0.273. The maximum Gasteiger partial charge on any atom is 0.164 e. The predicted octanol–water partition coefficient (Wildman–Crippen LogP) is 4.85. The first kappa shape index (κ1) is 19.1. The van der Waals surface area contributed by atoms with Crippen LogP contribution in [0.25, 0.3) is 21.9 Å². The van der Waals surface area contributed by atoms with Gasteiger partial charge in [0.05, 0.1) is 33.6 Å². The number of methoxy groups -OCH3 is 3. The van der Waals surface area contributed by atoms with E-state index in [1.54, 1.807) is 21.3 Å². The van der Waals surface area contributed by atoms with E-state index in [0.29, 0.717) is 12.5 Å². The summed E-state index contributed by atoms with van der Waals surface area (Å²) in [5.41, 5.74) is 6.71. The van der Waals surface area contributed by atoms with Crippen LogP contribution < -0.4 is 19.1 Å². The molecule has 0 amide bonds. The molecule has 5 heteroatoms. The molecule has 0 unspecified atom stereocenters. The minimum Gasteiger partial charge on any atom is -0.496 e. The van der Waals surface area contributed by atoms with Gasteiger partial charge in [-0.15, -0.1) is 0 Å². The predicted molar refractivity (Wildman–Crippen MR) is 119 cm³/mol. The number of hydrogen-bond acceptors (Lipinski definition) is 5. The standard InChI is InChI=1S/C25H27NO4/c1-26-12-20-16(8-7-15(13-27)24(20)29-3)18-10-9-17-19(23(18)26)11-21(28-2)25(30-4)22(17)14-5-6-14/h7-11,14,27H,5-6,12-13H2,1-4H3. The van der Waals surface area contributed by atoms with Crippen molar-refractivity contribution in [2.24, 2.45) is 0 Å². The number of fused-ring (bicyclic) bond motifs is 5. The Bertz CT molecular complexity index is 1150. The van der Waals surface area contributed by atoms with E-state index in [1.807, 2.05) is 6.07 Å². The van der Waals surface area contributed by atoms with Crippen molar-refractivity contribution >= 4 is 16.5 Å². The average molecular weight is 405 g/mol. The molecule has 3 aromatic rings. The molecule has 2 aliphatic rings. The molecule has 0 atom stereocenters. The van der Waals surface area contributed by atoms with Crippen molar-refractivity contribution in [1.29, 1.82) is 0 Å². The quantitative estimate of drug-likeness (QED) is 0.657. The zero-order valence-electron chi connectivity index (χ0n) is 17.9. The second-order valence-electron chi connectivity index (χ2n) is 8.16. The summed E-state index contributed by atoms with van der Waals surface area (Å²) in [5.74, 6) is 2.95. The highest BCUT2D eigenvalue weighted by Gasteiger charge is 2.33. The summed E-state index contributed by atoms with van der Waals surface area (Å²) in [6, 6.07) is 10.6. The number of aliphatic hydroxyl groups is 1. The largest absolute Gasteiger partial charge is 0.496 e. The van der Waals surface area contributed by atoms with Crippen LogP contribution in [0, 0.1) is 0 Å². The Morgan fingerprint density at radius 2 is 1.67 bits per heavy atom. The number of nitrogens with zero attached hydrogens (tertiary/aromatic N) is 1. The Hall–Kier alpha value is -2.92. The summed E-state index contributed by atoms with van der Waals surface area (Å²) in [5, 5.41) is 12.2. The van der Waals surface area contributed by atoms with E-state index in [-0.39, 0.29) is 6.61 Å². The smallest absolute Gasteiger partial charge is 0.164 e. The third-order valence-corrected chi connectivity index (χ3v) is 6.44. The van der Waals surface area contributed by atoms with Gasteiger partial charge in [-0.1, -0.05) is 24.3 Å². The molecule has 156 valence electrons. The van der Waals surface area contributed by atoms with Crippen LogP contribution in [0.4, 0.5) is 5.69 Å². The minimum absolute atomic E-state index is 0.0352. The van der Waals surface area contributed by atoms with Gasteiger partial charge in [-0.3, -0.25) is 0 Å². The fourth-order valence-electron chi connectivity index (χ4n) is 4.99. The lowest BCUT2D eigenvalue weighted by Gasteiger charge is -2.33. The Morgan fingerprint density at radius 3 is 2.30 bits per heavy atom. The summed E-state index contributed by atoms with van der Waals surface area (Å²) < 4.78 is 17.2. The molecule has 0 saturated heterocycles. The molecule has 30 heavy (non-hydrogen) atoms. The van der Waals surface area contributed by atoms with E-state index in [0.717, 1.165) is 33.9 Å². The second kappa shape index (κ2) is 7.10. The van der Waals surface area contributed by atoms with Crippen LogP contribution in [0.15, 0.2) is 30.3 Å². The Labute approximate surface area is 176 Å². The van der Waals surface area contributed by atoms with Gasteiger partial charge < -0.3 is 24.2 Å². The number of aliphatic hydroxyl groups excluding tert-OH is 1. The van der Waals surface area contributed by atoms with E-state index < -0.39 is 0 Å². The highest BCUT2D eigenvalue weighted by Crippen LogP contribution is 2.54. The molecule has 0 bridgehead atoms. The number of hydrogen-bond donors (Lipinski definition) is 1.